The summed E-state index contributed by atoms with van der Waals surface area (Å²) < 4.78 is 2.02. The lowest BCUT2D eigenvalue weighted by atomic mass is 9.95. The number of hydrogen-bond donors (Lipinski definition) is 0. The van der Waals surface area contributed by atoms with E-state index in [0.29, 0.717) is 31.2 Å². The van der Waals surface area contributed by atoms with Crippen molar-refractivity contribution in [2.45, 2.75) is 25.4 Å². The van der Waals surface area contributed by atoms with Crippen LogP contribution in [0.2, 0.25) is 0 Å². The highest BCUT2D eigenvalue weighted by atomic mass is 16.2. The van der Waals surface area contributed by atoms with E-state index in [1.807, 2.05) is 57.0 Å². The zero-order chi connectivity index (χ0) is 19.8. The molecule has 0 N–H and O–H groups in total. The molecule has 2 atom stereocenters. The minimum atomic E-state index is -0.0341. The molecule has 0 aliphatic carbocycles. The number of carbonyl (C=O) groups is 2. The third kappa shape index (κ3) is 3.39. The average Bonchev–Trinajstić information content (AvgIpc) is 2.94. The maximum absolute atomic E-state index is 13.2. The van der Waals surface area contributed by atoms with Gasteiger partial charge in [0.15, 0.2) is 0 Å². The number of hydrogen-bond acceptors (Lipinski definition) is 3. The van der Waals surface area contributed by atoms with Crippen molar-refractivity contribution in [1.29, 1.82) is 0 Å². The van der Waals surface area contributed by atoms with Gasteiger partial charge in [0.1, 0.15) is 12.2 Å². The van der Waals surface area contributed by atoms with Gasteiger partial charge in [-0.05, 0) is 48.4 Å². The highest BCUT2D eigenvalue weighted by Gasteiger charge is 2.38. The molecule has 0 saturated carbocycles. The Morgan fingerprint density at radius 1 is 0.966 bits per heavy atom. The number of pyridine rings is 1. The molecule has 6 heteroatoms. The van der Waals surface area contributed by atoms with Gasteiger partial charge in [-0.25, -0.2) is 0 Å². The lowest BCUT2D eigenvalue weighted by Crippen LogP contribution is -2.48. The summed E-state index contributed by atoms with van der Waals surface area (Å²) in [5.74, 6) is 0.424. The van der Waals surface area contributed by atoms with Crippen LogP contribution in [0.1, 0.15) is 23.3 Å². The number of amides is 2. The Morgan fingerprint density at radius 3 is 2.69 bits per heavy atom. The first-order valence-electron chi connectivity index (χ1n) is 10.2. The molecule has 6 nitrogen and oxygen atoms in total. The first-order chi connectivity index (χ1) is 14.2. The third-order valence-electron chi connectivity index (χ3n) is 6.19. The monoisotopic (exact) mass is 388 g/mol. The fourth-order valence-corrected chi connectivity index (χ4v) is 4.72. The van der Waals surface area contributed by atoms with Crippen LogP contribution in [0.4, 0.5) is 0 Å². The summed E-state index contributed by atoms with van der Waals surface area (Å²) in [7, 11) is 0. The fraction of sp³-hybridized carbons (Fsp3) is 0.348. The first-order valence-corrected chi connectivity index (χ1v) is 10.2. The van der Waals surface area contributed by atoms with Gasteiger partial charge < -0.3 is 14.4 Å². The Bertz CT molecular complexity index is 1050. The molecule has 5 heterocycles. The third-order valence-corrected chi connectivity index (χ3v) is 6.19. The predicted octanol–water partition coefficient (Wildman–Crippen LogP) is 2.80. The molecule has 1 aromatic carbocycles. The number of carbonyl (C=O) groups excluding carboxylic acids is 2. The number of fused-ring (bicyclic) bond motifs is 5. The van der Waals surface area contributed by atoms with Crippen molar-refractivity contribution < 1.29 is 9.59 Å². The smallest absolute Gasteiger partial charge is 0.272 e. The Balaban J connectivity index is 1.33. The summed E-state index contributed by atoms with van der Waals surface area (Å²) in [6.45, 7) is 2.35. The van der Waals surface area contributed by atoms with Crippen molar-refractivity contribution in [1.82, 2.24) is 19.4 Å². The molecule has 0 spiro atoms. The SMILES string of the molecule is O=C(c1ccccn1)N1C[C@@H]2CC[C@H](C1)N(C(=O)Cn1ccc3ccccc31)C2. The molecule has 2 bridgehead atoms. The van der Waals surface area contributed by atoms with Gasteiger partial charge in [0, 0.05) is 43.6 Å². The van der Waals surface area contributed by atoms with Gasteiger partial charge in [-0.2, -0.15) is 0 Å². The van der Waals surface area contributed by atoms with E-state index < -0.39 is 0 Å². The Kier molecular flexibility index (Phi) is 4.54. The maximum Gasteiger partial charge on any atom is 0.272 e. The van der Waals surface area contributed by atoms with Crippen LogP contribution in [-0.4, -0.2) is 56.8 Å². The van der Waals surface area contributed by atoms with E-state index in [1.165, 1.54) is 0 Å². The van der Waals surface area contributed by atoms with Crippen LogP contribution < -0.4 is 0 Å². The van der Waals surface area contributed by atoms with Crippen LogP contribution in [0.5, 0.6) is 0 Å². The topological polar surface area (TPSA) is 58.4 Å². The van der Waals surface area contributed by atoms with Gasteiger partial charge in [0.25, 0.3) is 5.91 Å². The van der Waals surface area contributed by atoms with Gasteiger partial charge in [0.05, 0.1) is 0 Å². The molecular formula is C23H24N4O2. The van der Waals surface area contributed by atoms with E-state index >= 15 is 0 Å². The molecule has 3 aliphatic rings. The van der Waals surface area contributed by atoms with E-state index in [2.05, 4.69) is 11.1 Å². The zero-order valence-corrected chi connectivity index (χ0v) is 16.3. The van der Waals surface area contributed by atoms with Crippen molar-refractivity contribution in [2.75, 3.05) is 19.6 Å². The number of para-hydroxylation sites is 1. The van der Waals surface area contributed by atoms with E-state index in [0.717, 1.165) is 30.3 Å². The molecular weight excluding hydrogens is 364 g/mol. The van der Waals surface area contributed by atoms with Gasteiger partial charge in [-0.15, -0.1) is 0 Å². The summed E-state index contributed by atoms with van der Waals surface area (Å²) in [5.41, 5.74) is 1.55. The van der Waals surface area contributed by atoms with Crippen LogP contribution in [0.15, 0.2) is 60.9 Å². The zero-order valence-electron chi connectivity index (χ0n) is 16.3. The van der Waals surface area contributed by atoms with Crippen LogP contribution >= 0.6 is 0 Å². The summed E-state index contributed by atoms with van der Waals surface area (Å²) >= 11 is 0. The van der Waals surface area contributed by atoms with Gasteiger partial charge in [-0.3, -0.25) is 14.6 Å². The van der Waals surface area contributed by atoms with Gasteiger partial charge >= 0.3 is 0 Å². The van der Waals surface area contributed by atoms with Crippen molar-refractivity contribution in [3.63, 3.8) is 0 Å². The predicted molar refractivity (Wildman–Crippen MR) is 110 cm³/mol. The molecule has 29 heavy (non-hydrogen) atoms. The number of aromatic nitrogens is 2. The van der Waals surface area contributed by atoms with Crippen molar-refractivity contribution in [3.05, 3.63) is 66.6 Å². The maximum atomic E-state index is 13.2. The molecule has 0 unspecified atom stereocenters. The quantitative estimate of drug-likeness (QED) is 0.693. The lowest BCUT2D eigenvalue weighted by Gasteiger charge is -2.36. The molecule has 3 saturated heterocycles. The van der Waals surface area contributed by atoms with Crippen LogP contribution in [0, 0.1) is 5.92 Å². The molecule has 2 aromatic heterocycles. The Hall–Kier alpha value is -3.15. The highest BCUT2D eigenvalue weighted by molar-refractivity contribution is 5.92. The summed E-state index contributed by atoms with van der Waals surface area (Å²) in [6.07, 6.45) is 5.65. The minimum Gasteiger partial charge on any atom is -0.338 e. The van der Waals surface area contributed by atoms with E-state index in [1.54, 1.807) is 12.3 Å². The van der Waals surface area contributed by atoms with E-state index in [-0.39, 0.29) is 17.9 Å². The number of piperidine rings is 1. The van der Waals surface area contributed by atoms with Crippen molar-refractivity contribution in [2.24, 2.45) is 5.92 Å². The largest absolute Gasteiger partial charge is 0.338 e. The molecule has 0 radical (unpaired) electrons. The second-order valence-corrected chi connectivity index (χ2v) is 8.07. The second kappa shape index (κ2) is 7.35. The number of benzene rings is 1. The summed E-state index contributed by atoms with van der Waals surface area (Å²) in [4.78, 5) is 34.2. The van der Waals surface area contributed by atoms with Crippen molar-refractivity contribution in [3.8, 4) is 0 Å². The van der Waals surface area contributed by atoms with Gasteiger partial charge in [0.2, 0.25) is 5.91 Å². The summed E-state index contributed by atoms with van der Waals surface area (Å²) in [5, 5.41) is 1.14. The Labute approximate surface area is 169 Å². The highest BCUT2D eigenvalue weighted by Crippen LogP contribution is 2.29. The number of rotatable bonds is 3. The van der Waals surface area contributed by atoms with Crippen LogP contribution in [0.3, 0.4) is 0 Å². The normalized spacial score (nSPS) is 21.4. The van der Waals surface area contributed by atoms with E-state index in [4.69, 9.17) is 0 Å². The van der Waals surface area contributed by atoms with Gasteiger partial charge in [-0.1, -0.05) is 24.3 Å². The van der Waals surface area contributed by atoms with Crippen LogP contribution in [0.25, 0.3) is 10.9 Å². The number of nitrogens with zero attached hydrogens (tertiary/aromatic N) is 4. The molecule has 3 aliphatic heterocycles. The summed E-state index contributed by atoms with van der Waals surface area (Å²) in [6, 6.07) is 15.7. The lowest BCUT2D eigenvalue weighted by molar-refractivity contribution is -0.135. The van der Waals surface area contributed by atoms with Crippen molar-refractivity contribution >= 4 is 22.7 Å². The first kappa shape index (κ1) is 17.9. The molecule has 3 aromatic rings. The fourth-order valence-electron chi connectivity index (χ4n) is 4.72. The average molecular weight is 388 g/mol. The molecule has 3 fully saturated rings. The second-order valence-electron chi connectivity index (χ2n) is 8.07. The minimum absolute atomic E-state index is 0.0341. The van der Waals surface area contributed by atoms with Crippen LogP contribution in [-0.2, 0) is 11.3 Å². The Morgan fingerprint density at radius 2 is 1.83 bits per heavy atom. The molecule has 2 amide bonds. The standard InChI is InChI=1S/C23H24N4O2/c28-22(16-25-12-10-18-5-1-2-7-21(18)25)27-14-17-8-9-19(27)15-26(13-17)23(29)20-6-3-4-11-24-20/h1-7,10-12,17,19H,8-9,13-16H2/t17-,19+/m0/s1. The van der Waals surface area contributed by atoms with E-state index in [9.17, 15) is 9.59 Å². The molecule has 148 valence electrons. The molecule has 6 rings (SSSR count).